The zero-order chi connectivity index (χ0) is 22.0. The molecule has 0 atom stereocenters. The monoisotopic (exact) mass is 432 g/mol. The van der Waals surface area contributed by atoms with Gasteiger partial charge in [-0.1, -0.05) is 36.4 Å². The highest BCUT2D eigenvalue weighted by atomic mass is 32.2. The Kier molecular flexibility index (Phi) is 5.50. The van der Waals surface area contributed by atoms with E-state index in [2.05, 4.69) is 15.3 Å². The third kappa shape index (κ3) is 4.93. The van der Waals surface area contributed by atoms with Gasteiger partial charge < -0.3 is 5.32 Å². The van der Waals surface area contributed by atoms with Crippen molar-refractivity contribution in [2.24, 2.45) is 5.14 Å². The molecule has 1 aromatic heterocycles. The lowest BCUT2D eigenvalue weighted by Crippen LogP contribution is -2.11. The van der Waals surface area contributed by atoms with Gasteiger partial charge in [0, 0.05) is 23.7 Å². The summed E-state index contributed by atoms with van der Waals surface area (Å²) in [5.74, 6) is 0.509. The van der Waals surface area contributed by atoms with E-state index in [1.807, 2.05) is 42.5 Å². The van der Waals surface area contributed by atoms with Crippen molar-refractivity contribution in [3.8, 4) is 11.1 Å². The van der Waals surface area contributed by atoms with Gasteiger partial charge in [-0.3, -0.25) is 4.79 Å². The summed E-state index contributed by atoms with van der Waals surface area (Å²) in [6.07, 6.45) is 2.13. The zero-order valence-electron chi connectivity index (χ0n) is 16.7. The molecular weight excluding hydrogens is 412 g/mol. The minimum atomic E-state index is -3.74. The summed E-state index contributed by atoms with van der Waals surface area (Å²) in [4.78, 5) is 20.4. The highest BCUT2D eigenvalue weighted by molar-refractivity contribution is 7.89. The van der Waals surface area contributed by atoms with Gasteiger partial charge in [-0.2, -0.15) is 0 Å². The smallest absolute Gasteiger partial charge is 0.238 e. The van der Waals surface area contributed by atoms with Crippen molar-refractivity contribution < 1.29 is 13.2 Å². The van der Waals surface area contributed by atoms with E-state index in [-0.39, 0.29) is 10.7 Å². The molecule has 3 N–H and O–H groups in total. The van der Waals surface area contributed by atoms with E-state index < -0.39 is 10.0 Å². The summed E-state index contributed by atoms with van der Waals surface area (Å²) in [7, 11) is -3.74. The highest BCUT2D eigenvalue weighted by Gasteiger charge is 2.08. The topological polar surface area (TPSA) is 115 Å². The van der Waals surface area contributed by atoms with Crippen LogP contribution in [-0.2, 0) is 21.2 Å². The summed E-state index contributed by atoms with van der Waals surface area (Å²) >= 11 is 0. The van der Waals surface area contributed by atoms with E-state index >= 15 is 0 Å². The number of benzene rings is 3. The number of nitrogens with two attached hydrogens (primary N) is 1. The van der Waals surface area contributed by atoms with E-state index in [1.54, 1.807) is 25.3 Å². The van der Waals surface area contributed by atoms with E-state index in [9.17, 15) is 13.2 Å². The summed E-state index contributed by atoms with van der Waals surface area (Å²) in [5.41, 5.74) is 4.36. The van der Waals surface area contributed by atoms with Crippen molar-refractivity contribution in [2.75, 3.05) is 5.32 Å². The van der Waals surface area contributed by atoms with Gasteiger partial charge in [-0.25, -0.2) is 23.5 Å². The zero-order valence-corrected chi connectivity index (χ0v) is 17.6. The first kappa shape index (κ1) is 20.6. The first-order chi connectivity index (χ1) is 14.8. The average Bonchev–Trinajstić information content (AvgIpc) is 2.73. The number of nitrogens with one attached hydrogen (secondary N) is 1. The normalized spacial score (nSPS) is 11.4. The summed E-state index contributed by atoms with van der Waals surface area (Å²) < 4.78 is 22.8. The van der Waals surface area contributed by atoms with Crippen molar-refractivity contribution in [3.63, 3.8) is 0 Å². The second kappa shape index (κ2) is 8.25. The fraction of sp³-hybridized carbons (Fsp3) is 0.0870. The van der Waals surface area contributed by atoms with Crippen molar-refractivity contribution in [1.29, 1.82) is 0 Å². The number of ketones is 1. The first-order valence-electron chi connectivity index (χ1n) is 9.53. The minimum Gasteiger partial charge on any atom is -0.324 e. The fourth-order valence-corrected chi connectivity index (χ4v) is 3.78. The van der Waals surface area contributed by atoms with Crippen LogP contribution >= 0.6 is 0 Å². The molecule has 156 valence electrons. The van der Waals surface area contributed by atoms with Crippen molar-refractivity contribution in [3.05, 3.63) is 78.5 Å². The predicted molar refractivity (Wildman–Crippen MR) is 120 cm³/mol. The lowest BCUT2D eigenvalue weighted by molar-refractivity contribution is -0.116. The molecule has 0 unspecified atom stereocenters. The van der Waals surface area contributed by atoms with Gasteiger partial charge in [-0.05, 0) is 53.9 Å². The Balaban J connectivity index is 1.62. The van der Waals surface area contributed by atoms with Gasteiger partial charge in [0.2, 0.25) is 16.0 Å². The highest BCUT2D eigenvalue weighted by Crippen LogP contribution is 2.25. The van der Waals surface area contributed by atoms with Gasteiger partial charge in [0.15, 0.2) is 0 Å². The molecule has 4 rings (SSSR count). The molecule has 4 aromatic rings. The molecule has 0 aliphatic heterocycles. The molecule has 7 nitrogen and oxygen atoms in total. The van der Waals surface area contributed by atoms with Crippen LogP contribution < -0.4 is 10.5 Å². The van der Waals surface area contributed by atoms with Gasteiger partial charge in [0.1, 0.15) is 5.78 Å². The number of sulfonamides is 1. The molecule has 31 heavy (non-hydrogen) atoms. The largest absolute Gasteiger partial charge is 0.324 e. The maximum Gasteiger partial charge on any atom is 0.238 e. The molecule has 3 aromatic carbocycles. The number of fused-ring (bicyclic) bond motifs is 1. The SMILES string of the molecule is CC(=O)Cc1cccc(-c2ccc3cnc(Nc4ccc(S(N)(=O)=O)cc4)nc3c2)c1. The number of carbonyl (C=O) groups excluding carboxylic acids is 1. The van der Waals surface area contributed by atoms with Gasteiger partial charge in [0.05, 0.1) is 10.4 Å². The van der Waals surface area contributed by atoms with Gasteiger partial charge in [-0.15, -0.1) is 0 Å². The van der Waals surface area contributed by atoms with E-state index in [0.717, 1.165) is 27.6 Å². The van der Waals surface area contributed by atoms with Crippen LogP contribution in [0.3, 0.4) is 0 Å². The average molecular weight is 433 g/mol. The number of carbonyl (C=O) groups is 1. The molecule has 0 saturated heterocycles. The molecule has 0 amide bonds. The maximum atomic E-state index is 11.4. The number of hydrogen-bond acceptors (Lipinski definition) is 6. The van der Waals surface area contributed by atoms with Crippen LogP contribution in [0.5, 0.6) is 0 Å². The van der Waals surface area contributed by atoms with E-state index in [4.69, 9.17) is 5.14 Å². The second-order valence-corrected chi connectivity index (χ2v) is 8.80. The predicted octanol–water partition coefficient (Wildman–Crippen LogP) is 3.82. The Morgan fingerprint density at radius 2 is 1.74 bits per heavy atom. The molecule has 0 spiro atoms. The molecule has 0 aliphatic carbocycles. The summed E-state index contributed by atoms with van der Waals surface area (Å²) in [6.45, 7) is 1.58. The van der Waals surface area contributed by atoms with Crippen LogP contribution in [0.1, 0.15) is 12.5 Å². The second-order valence-electron chi connectivity index (χ2n) is 7.24. The Bertz CT molecular complexity index is 1380. The van der Waals surface area contributed by atoms with Crippen LogP contribution in [-0.4, -0.2) is 24.2 Å². The van der Waals surface area contributed by atoms with Crippen LogP contribution in [0.25, 0.3) is 22.0 Å². The standard InChI is InChI=1S/C23H20N4O3S/c1-15(28)11-16-3-2-4-17(12-16)18-5-6-19-14-25-23(27-22(19)13-18)26-20-7-9-21(10-8-20)31(24,29)30/h2-10,12-14H,11H2,1H3,(H2,24,29,30)(H,25,26,27). The number of primary sulfonamides is 1. The molecule has 0 bridgehead atoms. The lowest BCUT2D eigenvalue weighted by Gasteiger charge is -2.08. The molecular formula is C23H20N4O3S. The number of nitrogens with zero attached hydrogens (tertiary/aromatic N) is 2. The molecule has 0 radical (unpaired) electrons. The van der Waals surface area contributed by atoms with Gasteiger partial charge >= 0.3 is 0 Å². The van der Waals surface area contributed by atoms with Crippen molar-refractivity contribution in [2.45, 2.75) is 18.2 Å². The Morgan fingerprint density at radius 3 is 2.45 bits per heavy atom. The lowest BCUT2D eigenvalue weighted by atomic mass is 10.00. The Labute approximate surface area is 180 Å². The molecule has 0 fully saturated rings. The molecule has 0 saturated carbocycles. The van der Waals surface area contributed by atoms with E-state index in [1.165, 1.54) is 12.1 Å². The molecule has 0 aliphatic rings. The third-order valence-corrected chi connectivity index (χ3v) is 5.66. The molecule has 8 heteroatoms. The Morgan fingerprint density at radius 1 is 1.00 bits per heavy atom. The van der Waals surface area contributed by atoms with Crippen LogP contribution in [0, 0.1) is 0 Å². The number of hydrogen-bond donors (Lipinski definition) is 2. The van der Waals surface area contributed by atoms with E-state index in [0.29, 0.717) is 18.1 Å². The van der Waals surface area contributed by atoms with Crippen LogP contribution in [0.4, 0.5) is 11.6 Å². The fourth-order valence-electron chi connectivity index (χ4n) is 3.27. The number of anilines is 2. The van der Waals surface area contributed by atoms with Gasteiger partial charge in [0.25, 0.3) is 0 Å². The number of rotatable bonds is 6. The summed E-state index contributed by atoms with van der Waals surface area (Å²) in [5, 5.41) is 9.08. The van der Waals surface area contributed by atoms with Crippen LogP contribution in [0.2, 0.25) is 0 Å². The number of Topliss-reactive ketones (excluding diaryl/α,β-unsaturated/α-hetero) is 1. The van der Waals surface area contributed by atoms with Crippen molar-refractivity contribution in [1.82, 2.24) is 9.97 Å². The summed E-state index contributed by atoms with van der Waals surface area (Å²) in [6, 6.07) is 19.9. The molecule has 1 heterocycles. The number of aromatic nitrogens is 2. The Hall–Kier alpha value is -3.62. The maximum absolute atomic E-state index is 11.4. The third-order valence-electron chi connectivity index (χ3n) is 4.74. The minimum absolute atomic E-state index is 0.0362. The van der Waals surface area contributed by atoms with Crippen molar-refractivity contribution >= 4 is 38.3 Å². The first-order valence-corrected chi connectivity index (χ1v) is 11.1. The quantitative estimate of drug-likeness (QED) is 0.479. The van der Waals surface area contributed by atoms with Crippen LogP contribution in [0.15, 0.2) is 77.8 Å².